The van der Waals surface area contributed by atoms with Crippen LogP contribution in [0.3, 0.4) is 0 Å². The van der Waals surface area contributed by atoms with Crippen molar-refractivity contribution in [2.75, 3.05) is 14.2 Å². The van der Waals surface area contributed by atoms with Gasteiger partial charge in [0.1, 0.15) is 22.8 Å². The Morgan fingerprint density at radius 1 is 1.15 bits per heavy atom. The Kier molecular flexibility index (Phi) is 5.37. The van der Waals surface area contributed by atoms with Crippen LogP contribution < -0.4 is 0 Å². The molecule has 0 aliphatic carbocycles. The molecular formula is C20H18ClNO5. The summed E-state index contributed by atoms with van der Waals surface area (Å²) in [6, 6.07) is 12.1. The van der Waals surface area contributed by atoms with Crippen LogP contribution in [-0.2, 0) is 11.3 Å². The van der Waals surface area contributed by atoms with Crippen molar-refractivity contribution in [3.63, 3.8) is 0 Å². The zero-order valence-corrected chi connectivity index (χ0v) is 15.9. The summed E-state index contributed by atoms with van der Waals surface area (Å²) in [5.41, 5.74) is 1.05. The minimum Gasteiger partial charge on any atom is -0.465 e. The van der Waals surface area contributed by atoms with Crippen LogP contribution in [0.1, 0.15) is 32.4 Å². The smallest absolute Gasteiger partial charge is 0.341 e. The molecule has 0 saturated heterocycles. The second-order valence-electron chi connectivity index (χ2n) is 5.98. The van der Waals surface area contributed by atoms with Crippen molar-refractivity contribution in [2.24, 2.45) is 0 Å². The van der Waals surface area contributed by atoms with Gasteiger partial charge in [-0.3, -0.25) is 4.79 Å². The lowest BCUT2D eigenvalue weighted by atomic mass is 10.2. The molecule has 0 aliphatic heterocycles. The van der Waals surface area contributed by atoms with Gasteiger partial charge in [0.2, 0.25) is 0 Å². The number of halogens is 1. The van der Waals surface area contributed by atoms with Crippen molar-refractivity contribution >= 4 is 23.5 Å². The minimum absolute atomic E-state index is 0.179. The Hall–Kier alpha value is -2.99. The number of ether oxygens (including phenoxy) is 1. The molecule has 0 spiro atoms. The first-order valence-electron chi connectivity index (χ1n) is 8.18. The lowest BCUT2D eigenvalue weighted by Crippen LogP contribution is -2.25. The van der Waals surface area contributed by atoms with Crippen LogP contribution in [-0.4, -0.2) is 30.9 Å². The molecule has 2 heterocycles. The second kappa shape index (κ2) is 7.72. The first-order chi connectivity index (χ1) is 12.9. The maximum atomic E-state index is 12.6. The van der Waals surface area contributed by atoms with Crippen LogP contribution in [0.2, 0.25) is 5.02 Å². The number of hydrogen-bond acceptors (Lipinski definition) is 5. The highest BCUT2D eigenvalue weighted by molar-refractivity contribution is 6.33. The highest BCUT2D eigenvalue weighted by Crippen LogP contribution is 2.29. The van der Waals surface area contributed by atoms with Gasteiger partial charge in [0.05, 0.1) is 18.7 Å². The van der Waals surface area contributed by atoms with Gasteiger partial charge in [0.15, 0.2) is 5.76 Å². The molecule has 0 fully saturated rings. The number of aryl methyl sites for hydroxylation is 1. The van der Waals surface area contributed by atoms with Gasteiger partial charge in [0.25, 0.3) is 5.91 Å². The first-order valence-corrected chi connectivity index (χ1v) is 8.56. The number of furan rings is 2. The van der Waals surface area contributed by atoms with Crippen molar-refractivity contribution < 1.29 is 23.2 Å². The van der Waals surface area contributed by atoms with Crippen LogP contribution in [0, 0.1) is 6.92 Å². The zero-order chi connectivity index (χ0) is 19.6. The van der Waals surface area contributed by atoms with E-state index in [9.17, 15) is 9.59 Å². The van der Waals surface area contributed by atoms with Gasteiger partial charge in [-0.15, -0.1) is 0 Å². The second-order valence-corrected chi connectivity index (χ2v) is 6.39. The number of carbonyl (C=O) groups is 2. The molecule has 27 heavy (non-hydrogen) atoms. The Morgan fingerprint density at radius 3 is 2.59 bits per heavy atom. The van der Waals surface area contributed by atoms with Crippen molar-refractivity contribution in [1.29, 1.82) is 0 Å². The summed E-state index contributed by atoms with van der Waals surface area (Å²) in [6.45, 7) is 1.85. The van der Waals surface area contributed by atoms with Crippen LogP contribution in [0.5, 0.6) is 0 Å². The molecule has 1 aromatic carbocycles. The number of nitrogens with zero attached hydrogens (tertiary/aromatic N) is 1. The zero-order valence-electron chi connectivity index (χ0n) is 15.1. The van der Waals surface area contributed by atoms with Crippen LogP contribution in [0.15, 0.2) is 51.3 Å². The molecule has 2 aromatic heterocycles. The largest absolute Gasteiger partial charge is 0.465 e. The van der Waals surface area contributed by atoms with Crippen molar-refractivity contribution in [1.82, 2.24) is 4.90 Å². The third-order valence-electron chi connectivity index (χ3n) is 4.07. The highest BCUT2D eigenvalue weighted by Gasteiger charge is 2.21. The summed E-state index contributed by atoms with van der Waals surface area (Å²) >= 11 is 6.17. The fraction of sp³-hybridized carbons (Fsp3) is 0.200. The fourth-order valence-corrected chi connectivity index (χ4v) is 2.92. The number of methoxy groups -OCH3 is 1. The Morgan fingerprint density at radius 2 is 1.89 bits per heavy atom. The summed E-state index contributed by atoms with van der Waals surface area (Å²) in [5, 5.41) is 0.542. The number of esters is 1. The maximum absolute atomic E-state index is 12.6. The lowest BCUT2D eigenvalue weighted by molar-refractivity contribution is 0.0598. The Labute approximate surface area is 161 Å². The predicted molar refractivity (Wildman–Crippen MR) is 99.7 cm³/mol. The average Bonchev–Trinajstić information content (AvgIpc) is 3.27. The number of hydrogen-bond donors (Lipinski definition) is 0. The molecule has 140 valence electrons. The Bertz CT molecular complexity index is 988. The van der Waals surface area contributed by atoms with Crippen molar-refractivity contribution in [2.45, 2.75) is 13.5 Å². The molecule has 0 radical (unpaired) electrons. The molecule has 1 amide bonds. The van der Waals surface area contributed by atoms with E-state index in [2.05, 4.69) is 0 Å². The molecule has 7 heteroatoms. The van der Waals surface area contributed by atoms with E-state index in [0.29, 0.717) is 33.4 Å². The van der Waals surface area contributed by atoms with Gasteiger partial charge < -0.3 is 18.5 Å². The van der Waals surface area contributed by atoms with E-state index >= 15 is 0 Å². The summed E-state index contributed by atoms with van der Waals surface area (Å²) in [5.74, 6) is 0.815. The molecule has 0 atom stereocenters. The minimum atomic E-state index is -0.480. The molecular weight excluding hydrogens is 370 g/mol. The topological polar surface area (TPSA) is 72.9 Å². The SMILES string of the molecule is COC(=O)c1cc(CN(C)C(=O)c2ccc(-c3ccccc3Cl)o2)oc1C. The molecule has 0 unspecified atom stereocenters. The van der Waals surface area contributed by atoms with Gasteiger partial charge in [-0.1, -0.05) is 23.7 Å². The van der Waals surface area contributed by atoms with Gasteiger partial charge in [-0.05, 0) is 37.3 Å². The van der Waals surface area contributed by atoms with E-state index in [4.69, 9.17) is 25.2 Å². The molecule has 0 bridgehead atoms. The van der Waals surface area contributed by atoms with E-state index in [1.165, 1.54) is 12.0 Å². The number of rotatable bonds is 5. The third kappa shape index (κ3) is 3.90. The van der Waals surface area contributed by atoms with E-state index in [1.54, 1.807) is 38.2 Å². The first kappa shape index (κ1) is 18.8. The summed E-state index contributed by atoms with van der Waals surface area (Å²) < 4.78 is 15.9. The number of benzene rings is 1. The molecule has 0 saturated carbocycles. The predicted octanol–water partition coefficient (Wildman–Crippen LogP) is 4.56. The van der Waals surface area contributed by atoms with Gasteiger partial charge in [0, 0.05) is 12.6 Å². The quantitative estimate of drug-likeness (QED) is 0.600. The number of amides is 1. The van der Waals surface area contributed by atoms with Gasteiger partial charge in [-0.2, -0.15) is 0 Å². The van der Waals surface area contributed by atoms with E-state index < -0.39 is 5.97 Å². The van der Waals surface area contributed by atoms with E-state index in [-0.39, 0.29) is 18.2 Å². The molecule has 3 aromatic rings. The molecule has 0 aliphatic rings. The molecule has 3 rings (SSSR count). The summed E-state index contributed by atoms with van der Waals surface area (Å²) in [4.78, 5) is 25.7. The monoisotopic (exact) mass is 387 g/mol. The summed E-state index contributed by atoms with van der Waals surface area (Å²) in [6.07, 6.45) is 0. The van der Waals surface area contributed by atoms with Crippen LogP contribution in [0.4, 0.5) is 0 Å². The standard InChI is InChI=1S/C20H18ClNO5/c1-12-15(20(24)25-3)10-13(26-12)11-22(2)19(23)18-9-8-17(27-18)14-6-4-5-7-16(14)21/h4-10H,11H2,1-3H3. The number of carbonyl (C=O) groups excluding carboxylic acids is 2. The normalized spacial score (nSPS) is 10.7. The van der Waals surface area contributed by atoms with Crippen LogP contribution in [0.25, 0.3) is 11.3 Å². The van der Waals surface area contributed by atoms with Crippen molar-refractivity contribution in [3.05, 3.63) is 70.3 Å². The third-order valence-corrected chi connectivity index (χ3v) is 4.40. The van der Waals surface area contributed by atoms with Gasteiger partial charge >= 0.3 is 5.97 Å². The lowest BCUT2D eigenvalue weighted by Gasteiger charge is -2.13. The molecule has 6 nitrogen and oxygen atoms in total. The highest BCUT2D eigenvalue weighted by atomic mass is 35.5. The fourth-order valence-electron chi connectivity index (χ4n) is 2.69. The summed E-state index contributed by atoms with van der Waals surface area (Å²) in [7, 11) is 2.92. The Balaban J connectivity index is 1.75. The van der Waals surface area contributed by atoms with Gasteiger partial charge in [-0.25, -0.2) is 4.79 Å². The maximum Gasteiger partial charge on any atom is 0.341 e. The average molecular weight is 388 g/mol. The van der Waals surface area contributed by atoms with E-state index in [0.717, 1.165) is 0 Å². The molecule has 0 N–H and O–H groups in total. The van der Waals surface area contributed by atoms with E-state index in [1.807, 2.05) is 18.2 Å². The van der Waals surface area contributed by atoms with Crippen molar-refractivity contribution in [3.8, 4) is 11.3 Å². The van der Waals surface area contributed by atoms with Crippen LogP contribution >= 0.6 is 11.6 Å².